The van der Waals surface area contributed by atoms with Gasteiger partial charge in [0.2, 0.25) is 0 Å². The Kier molecular flexibility index (Phi) is 2.76. The van der Waals surface area contributed by atoms with Gasteiger partial charge in [-0.2, -0.15) is 18.4 Å². The van der Waals surface area contributed by atoms with Crippen molar-refractivity contribution < 1.29 is 17.6 Å². The van der Waals surface area contributed by atoms with Crippen LogP contribution in [0.3, 0.4) is 0 Å². The van der Waals surface area contributed by atoms with Crippen LogP contribution in [-0.2, 0) is 6.18 Å². The van der Waals surface area contributed by atoms with E-state index in [-0.39, 0.29) is 0 Å². The highest BCUT2D eigenvalue weighted by Crippen LogP contribution is 2.30. The van der Waals surface area contributed by atoms with Gasteiger partial charge in [0, 0.05) is 0 Å². The second-order valence-corrected chi connectivity index (χ2v) is 3.02. The van der Waals surface area contributed by atoms with E-state index in [2.05, 4.69) is 20.9 Å². The molecule has 0 aromatic carbocycles. The van der Waals surface area contributed by atoms with Gasteiger partial charge in [-0.15, -0.1) is 0 Å². The average molecular weight is 269 g/mol. The zero-order chi connectivity index (χ0) is 10.9. The third kappa shape index (κ3) is 2.01. The summed E-state index contributed by atoms with van der Waals surface area (Å²) in [6.45, 7) is 0. The molecule has 0 N–H and O–H groups in total. The van der Waals surface area contributed by atoms with E-state index in [0.717, 1.165) is 0 Å². The number of rotatable bonds is 0. The van der Waals surface area contributed by atoms with Crippen LogP contribution in [0.25, 0.3) is 0 Å². The fraction of sp³-hybridized carbons (Fsp3) is 0.143. The SMILES string of the molecule is N#Cc1cc(C(F)(F)F)nc(Br)c1F. The molecule has 0 saturated carbocycles. The van der Waals surface area contributed by atoms with E-state index in [4.69, 9.17) is 5.26 Å². The molecule has 14 heavy (non-hydrogen) atoms. The minimum Gasteiger partial charge on any atom is -0.233 e. The summed E-state index contributed by atoms with van der Waals surface area (Å²) in [5.41, 5.74) is -2.00. The number of pyridine rings is 1. The van der Waals surface area contributed by atoms with Crippen LogP contribution in [0.1, 0.15) is 11.3 Å². The topological polar surface area (TPSA) is 36.7 Å². The van der Waals surface area contributed by atoms with Crippen molar-refractivity contribution in [3.05, 3.63) is 27.7 Å². The van der Waals surface area contributed by atoms with Crippen LogP contribution >= 0.6 is 15.9 Å². The summed E-state index contributed by atoms with van der Waals surface area (Å²) in [4.78, 5) is 2.92. The summed E-state index contributed by atoms with van der Waals surface area (Å²) in [6, 6.07) is 1.66. The maximum atomic E-state index is 12.9. The molecule has 1 aromatic rings. The zero-order valence-electron chi connectivity index (χ0n) is 6.36. The largest absolute Gasteiger partial charge is 0.433 e. The van der Waals surface area contributed by atoms with Crippen LogP contribution in [0.15, 0.2) is 10.7 Å². The number of nitrogens with zero attached hydrogens (tertiary/aromatic N) is 2. The average Bonchev–Trinajstić information content (AvgIpc) is 2.07. The second kappa shape index (κ2) is 3.53. The standard InChI is InChI=1S/C7HBrF4N2/c8-6-5(9)3(2-13)1-4(14-6)7(10,11)12/h1H. The first-order valence-corrected chi connectivity index (χ1v) is 3.99. The lowest BCUT2D eigenvalue weighted by Crippen LogP contribution is -2.09. The molecule has 74 valence electrons. The molecule has 0 radical (unpaired) electrons. The van der Waals surface area contributed by atoms with Crippen molar-refractivity contribution in [3.63, 3.8) is 0 Å². The van der Waals surface area contributed by atoms with Gasteiger partial charge in [-0.25, -0.2) is 9.37 Å². The van der Waals surface area contributed by atoms with Crippen LogP contribution in [-0.4, -0.2) is 4.98 Å². The molecule has 0 bridgehead atoms. The zero-order valence-corrected chi connectivity index (χ0v) is 7.95. The Hall–Kier alpha value is -1.16. The predicted molar refractivity (Wildman–Crippen MR) is 41.6 cm³/mol. The minimum atomic E-state index is -4.69. The maximum absolute atomic E-state index is 12.9. The van der Waals surface area contributed by atoms with Gasteiger partial charge < -0.3 is 0 Å². The summed E-state index contributed by atoms with van der Waals surface area (Å²) < 4.78 is 48.6. The molecule has 1 aromatic heterocycles. The van der Waals surface area contributed by atoms with Crippen LogP contribution in [0.2, 0.25) is 0 Å². The number of hydrogen-bond acceptors (Lipinski definition) is 2. The number of nitriles is 1. The molecule has 0 saturated heterocycles. The van der Waals surface area contributed by atoms with Gasteiger partial charge in [0.25, 0.3) is 0 Å². The molecule has 0 amide bonds. The first-order valence-electron chi connectivity index (χ1n) is 3.19. The van der Waals surface area contributed by atoms with Crippen molar-refractivity contribution in [2.24, 2.45) is 0 Å². The van der Waals surface area contributed by atoms with Crippen molar-refractivity contribution >= 4 is 15.9 Å². The quantitative estimate of drug-likeness (QED) is 0.536. The molecular weight excluding hydrogens is 268 g/mol. The molecule has 0 spiro atoms. The Morgan fingerprint density at radius 3 is 2.43 bits per heavy atom. The van der Waals surface area contributed by atoms with Crippen LogP contribution in [0.4, 0.5) is 17.6 Å². The van der Waals surface area contributed by atoms with Gasteiger partial charge in [-0.3, -0.25) is 0 Å². The monoisotopic (exact) mass is 268 g/mol. The third-order valence-electron chi connectivity index (χ3n) is 1.33. The summed E-state index contributed by atoms with van der Waals surface area (Å²) in [6.07, 6.45) is -4.69. The normalized spacial score (nSPS) is 11.1. The van der Waals surface area contributed by atoms with Crippen molar-refractivity contribution in [2.75, 3.05) is 0 Å². The van der Waals surface area contributed by atoms with E-state index in [1.54, 1.807) is 0 Å². The highest BCUT2D eigenvalue weighted by molar-refractivity contribution is 9.10. The Morgan fingerprint density at radius 1 is 1.43 bits per heavy atom. The summed E-state index contributed by atoms with van der Waals surface area (Å²) in [5, 5.41) is 8.33. The Morgan fingerprint density at radius 2 is 2.00 bits per heavy atom. The van der Waals surface area contributed by atoms with Crippen molar-refractivity contribution in [2.45, 2.75) is 6.18 Å². The van der Waals surface area contributed by atoms with Gasteiger partial charge in [0.05, 0.1) is 5.56 Å². The van der Waals surface area contributed by atoms with E-state index in [9.17, 15) is 17.6 Å². The molecule has 0 fully saturated rings. The van der Waals surface area contributed by atoms with E-state index in [0.29, 0.717) is 6.07 Å². The van der Waals surface area contributed by atoms with E-state index in [1.807, 2.05) is 0 Å². The molecule has 0 atom stereocenters. The summed E-state index contributed by atoms with van der Waals surface area (Å²) in [7, 11) is 0. The van der Waals surface area contributed by atoms with Crippen molar-refractivity contribution in [3.8, 4) is 6.07 Å². The van der Waals surface area contributed by atoms with Gasteiger partial charge in [0.15, 0.2) is 5.82 Å². The molecule has 2 nitrogen and oxygen atoms in total. The number of hydrogen-bond donors (Lipinski definition) is 0. The molecule has 1 rings (SSSR count). The van der Waals surface area contributed by atoms with Crippen molar-refractivity contribution in [1.82, 2.24) is 4.98 Å². The lowest BCUT2D eigenvalue weighted by atomic mass is 10.2. The summed E-state index contributed by atoms with van der Waals surface area (Å²) >= 11 is 2.49. The molecule has 0 unspecified atom stereocenters. The Labute approximate surface area is 84.3 Å². The molecular formula is C7HBrF4N2. The van der Waals surface area contributed by atoms with Gasteiger partial charge in [-0.05, 0) is 22.0 Å². The number of alkyl halides is 3. The minimum absolute atomic E-state index is 0.361. The highest BCUT2D eigenvalue weighted by Gasteiger charge is 2.34. The molecule has 0 aliphatic rings. The Balaban J connectivity index is 3.40. The highest BCUT2D eigenvalue weighted by atomic mass is 79.9. The van der Waals surface area contributed by atoms with Crippen molar-refractivity contribution in [1.29, 1.82) is 5.26 Å². The van der Waals surface area contributed by atoms with Gasteiger partial charge in [0.1, 0.15) is 16.4 Å². The van der Waals surface area contributed by atoms with E-state index in [1.165, 1.54) is 6.07 Å². The maximum Gasteiger partial charge on any atom is 0.433 e. The molecule has 0 aliphatic carbocycles. The number of halogens is 5. The Bertz CT molecular complexity index is 407. The molecule has 0 aliphatic heterocycles. The second-order valence-electron chi connectivity index (χ2n) is 2.27. The first kappa shape index (κ1) is 10.9. The fourth-order valence-electron chi connectivity index (χ4n) is 0.725. The lowest BCUT2D eigenvalue weighted by molar-refractivity contribution is -0.141. The van der Waals surface area contributed by atoms with Gasteiger partial charge in [-0.1, -0.05) is 0 Å². The van der Waals surface area contributed by atoms with E-state index < -0.39 is 27.9 Å². The smallest absolute Gasteiger partial charge is 0.233 e. The lowest BCUT2D eigenvalue weighted by Gasteiger charge is -2.06. The van der Waals surface area contributed by atoms with E-state index >= 15 is 0 Å². The number of aromatic nitrogens is 1. The summed E-state index contributed by atoms with van der Waals surface area (Å²) in [5.74, 6) is -1.10. The van der Waals surface area contributed by atoms with Crippen LogP contribution in [0.5, 0.6) is 0 Å². The third-order valence-corrected chi connectivity index (χ3v) is 1.85. The van der Waals surface area contributed by atoms with Gasteiger partial charge >= 0.3 is 6.18 Å². The van der Waals surface area contributed by atoms with Crippen LogP contribution in [0, 0.1) is 17.1 Å². The fourth-order valence-corrected chi connectivity index (χ4v) is 1.13. The van der Waals surface area contributed by atoms with Crippen LogP contribution < -0.4 is 0 Å². The first-order chi connectivity index (χ1) is 6.36. The molecule has 7 heteroatoms. The molecule has 1 heterocycles. The predicted octanol–water partition coefficient (Wildman–Crippen LogP) is 2.87.